The van der Waals surface area contributed by atoms with Crippen molar-refractivity contribution in [3.8, 4) is 0 Å². The van der Waals surface area contributed by atoms with Crippen LogP contribution in [0.1, 0.15) is 19.3 Å². The molecular formula is C13H19N3O. The lowest BCUT2D eigenvalue weighted by atomic mass is 10.0. The van der Waals surface area contributed by atoms with Crippen LogP contribution in [0.2, 0.25) is 0 Å². The van der Waals surface area contributed by atoms with Gasteiger partial charge in [0.25, 0.3) is 0 Å². The lowest BCUT2D eigenvalue weighted by Gasteiger charge is -2.18. The average Bonchev–Trinajstić information content (AvgIpc) is 2.89. The molecule has 0 aliphatic carbocycles. The Kier molecular flexibility index (Phi) is 4.09. The quantitative estimate of drug-likeness (QED) is 0.855. The number of nitrogens with zero attached hydrogens (tertiary/aromatic N) is 2. The predicted molar refractivity (Wildman–Crippen MR) is 67.9 cm³/mol. The molecule has 2 heterocycles. The van der Waals surface area contributed by atoms with Crippen LogP contribution in [-0.4, -0.2) is 31.0 Å². The topological polar surface area (TPSA) is 45.2 Å². The van der Waals surface area contributed by atoms with Crippen LogP contribution < -0.4 is 10.2 Å². The van der Waals surface area contributed by atoms with Crippen LogP contribution in [-0.2, 0) is 4.79 Å². The maximum absolute atomic E-state index is 12.0. The van der Waals surface area contributed by atoms with Crippen molar-refractivity contribution in [1.82, 2.24) is 10.3 Å². The summed E-state index contributed by atoms with van der Waals surface area (Å²) in [6.45, 7) is 2.16. The number of aromatic nitrogens is 1. The summed E-state index contributed by atoms with van der Waals surface area (Å²) in [7, 11) is 1.82. The minimum atomic E-state index is 0.183. The first-order valence-electron chi connectivity index (χ1n) is 6.14. The van der Waals surface area contributed by atoms with E-state index >= 15 is 0 Å². The van der Waals surface area contributed by atoms with E-state index in [1.54, 1.807) is 17.3 Å². The van der Waals surface area contributed by atoms with E-state index in [9.17, 15) is 4.79 Å². The van der Waals surface area contributed by atoms with Crippen LogP contribution in [0.15, 0.2) is 24.5 Å². The largest absolute Gasteiger partial charge is 0.316 e. The van der Waals surface area contributed by atoms with Crippen molar-refractivity contribution in [3.05, 3.63) is 24.5 Å². The molecule has 4 heteroatoms. The third-order valence-corrected chi connectivity index (χ3v) is 3.35. The fourth-order valence-corrected chi connectivity index (χ4v) is 2.17. The van der Waals surface area contributed by atoms with Gasteiger partial charge in [0.15, 0.2) is 0 Å². The number of hydrogen-bond donors (Lipinski definition) is 1. The SMILES string of the molecule is CN(C(=O)CCC1CCNC1)c1ccncc1. The molecule has 0 aromatic carbocycles. The van der Waals surface area contributed by atoms with E-state index in [4.69, 9.17) is 0 Å². The summed E-state index contributed by atoms with van der Waals surface area (Å²) in [5.74, 6) is 0.855. The number of nitrogens with one attached hydrogen (secondary N) is 1. The van der Waals surface area contributed by atoms with Crippen LogP contribution in [0.5, 0.6) is 0 Å². The Labute approximate surface area is 102 Å². The number of hydrogen-bond acceptors (Lipinski definition) is 3. The van der Waals surface area contributed by atoms with Crippen molar-refractivity contribution >= 4 is 11.6 Å². The molecule has 1 aromatic rings. The van der Waals surface area contributed by atoms with Crippen molar-refractivity contribution in [2.75, 3.05) is 25.0 Å². The maximum atomic E-state index is 12.0. The monoisotopic (exact) mass is 233 g/mol. The first-order chi connectivity index (χ1) is 8.27. The predicted octanol–water partition coefficient (Wildman–Crippen LogP) is 1.43. The summed E-state index contributed by atoms with van der Waals surface area (Å²) in [5.41, 5.74) is 0.912. The van der Waals surface area contributed by atoms with Gasteiger partial charge >= 0.3 is 0 Å². The molecule has 1 aliphatic rings. The zero-order chi connectivity index (χ0) is 12.1. The fraction of sp³-hybridized carbons (Fsp3) is 0.538. The van der Waals surface area contributed by atoms with Gasteiger partial charge in [-0.15, -0.1) is 0 Å². The molecule has 1 fully saturated rings. The lowest BCUT2D eigenvalue weighted by Crippen LogP contribution is -2.26. The highest BCUT2D eigenvalue weighted by Crippen LogP contribution is 2.17. The van der Waals surface area contributed by atoms with Crippen LogP contribution in [0.4, 0.5) is 5.69 Å². The number of pyridine rings is 1. The molecular weight excluding hydrogens is 214 g/mol. The summed E-state index contributed by atoms with van der Waals surface area (Å²) in [5, 5.41) is 3.32. The van der Waals surface area contributed by atoms with Crippen LogP contribution in [0, 0.1) is 5.92 Å². The minimum absolute atomic E-state index is 0.183. The second-order valence-corrected chi connectivity index (χ2v) is 4.56. The number of rotatable bonds is 4. The molecule has 1 saturated heterocycles. The molecule has 1 amide bonds. The van der Waals surface area contributed by atoms with Crippen molar-refractivity contribution in [3.63, 3.8) is 0 Å². The minimum Gasteiger partial charge on any atom is -0.316 e. The normalized spacial score (nSPS) is 19.2. The Balaban J connectivity index is 1.83. The standard InChI is InChI=1S/C13H19N3O/c1-16(12-5-8-14-9-6-12)13(17)3-2-11-4-7-15-10-11/h5-6,8-9,11,15H,2-4,7,10H2,1H3. The summed E-state index contributed by atoms with van der Waals surface area (Å²) in [4.78, 5) is 17.6. The highest BCUT2D eigenvalue weighted by atomic mass is 16.2. The Morgan fingerprint density at radius 2 is 2.29 bits per heavy atom. The summed E-state index contributed by atoms with van der Waals surface area (Å²) < 4.78 is 0. The molecule has 1 unspecified atom stereocenters. The molecule has 17 heavy (non-hydrogen) atoms. The summed E-state index contributed by atoms with van der Waals surface area (Å²) >= 11 is 0. The Hall–Kier alpha value is -1.42. The number of anilines is 1. The van der Waals surface area contributed by atoms with E-state index in [2.05, 4.69) is 10.3 Å². The average molecular weight is 233 g/mol. The molecule has 0 spiro atoms. The van der Waals surface area contributed by atoms with Gasteiger partial charge in [-0.3, -0.25) is 9.78 Å². The van der Waals surface area contributed by atoms with Crippen LogP contribution in [0.25, 0.3) is 0 Å². The van der Waals surface area contributed by atoms with Gasteiger partial charge in [0, 0.05) is 31.5 Å². The van der Waals surface area contributed by atoms with E-state index in [0.29, 0.717) is 12.3 Å². The van der Waals surface area contributed by atoms with E-state index in [1.165, 1.54) is 6.42 Å². The molecule has 1 N–H and O–H groups in total. The van der Waals surface area contributed by atoms with E-state index in [-0.39, 0.29) is 5.91 Å². The summed E-state index contributed by atoms with van der Waals surface area (Å²) in [6.07, 6.45) is 6.23. The van der Waals surface area contributed by atoms with Gasteiger partial charge in [0.05, 0.1) is 0 Å². The third kappa shape index (κ3) is 3.27. The third-order valence-electron chi connectivity index (χ3n) is 3.35. The number of carbonyl (C=O) groups excluding carboxylic acids is 1. The zero-order valence-corrected chi connectivity index (χ0v) is 10.2. The van der Waals surface area contributed by atoms with Crippen molar-refractivity contribution in [2.45, 2.75) is 19.3 Å². The fourth-order valence-electron chi connectivity index (χ4n) is 2.17. The van der Waals surface area contributed by atoms with E-state index in [1.807, 2.05) is 19.2 Å². The number of amides is 1. The van der Waals surface area contributed by atoms with Gasteiger partial charge in [-0.25, -0.2) is 0 Å². The highest BCUT2D eigenvalue weighted by Gasteiger charge is 2.17. The number of carbonyl (C=O) groups is 1. The van der Waals surface area contributed by atoms with Crippen LogP contribution in [0.3, 0.4) is 0 Å². The second-order valence-electron chi connectivity index (χ2n) is 4.56. The Morgan fingerprint density at radius 3 is 2.94 bits per heavy atom. The zero-order valence-electron chi connectivity index (χ0n) is 10.2. The first-order valence-corrected chi connectivity index (χ1v) is 6.14. The molecule has 2 rings (SSSR count). The van der Waals surface area contributed by atoms with E-state index < -0.39 is 0 Å². The molecule has 0 bridgehead atoms. The lowest BCUT2D eigenvalue weighted by molar-refractivity contribution is -0.118. The van der Waals surface area contributed by atoms with Gasteiger partial charge in [-0.2, -0.15) is 0 Å². The second kappa shape index (κ2) is 5.77. The smallest absolute Gasteiger partial charge is 0.226 e. The summed E-state index contributed by atoms with van der Waals surface area (Å²) in [6, 6.07) is 3.71. The van der Waals surface area contributed by atoms with E-state index in [0.717, 1.165) is 25.2 Å². The molecule has 1 atom stereocenters. The maximum Gasteiger partial charge on any atom is 0.226 e. The Morgan fingerprint density at radius 1 is 1.53 bits per heavy atom. The van der Waals surface area contributed by atoms with Gasteiger partial charge in [-0.05, 0) is 44.0 Å². The van der Waals surface area contributed by atoms with Crippen LogP contribution >= 0.6 is 0 Å². The van der Waals surface area contributed by atoms with Gasteiger partial charge in [-0.1, -0.05) is 0 Å². The van der Waals surface area contributed by atoms with Gasteiger partial charge < -0.3 is 10.2 Å². The molecule has 0 saturated carbocycles. The molecule has 1 aliphatic heterocycles. The molecule has 1 aromatic heterocycles. The van der Waals surface area contributed by atoms with Gasteiger partial charge in [0.2, 0.25) is 5.91 Å². The van der Waals surface area contributed by atoms with Crippen molar-refractivity contribution < 1.29 is 4.79 Å². The van der Waals surface area contributed by atoms with Crippen molar-refractivity contribution in [2.24, 2.45) is 5.92 Å². The van der Waals surface area contributed by atoms with Gasteiger partial charge in [0.1, 0.15) is 0 Å². The molecule has 92 valence electrons. The Bertz CT molecular complexity index is 360. The van der Waals surface area contributed by atoms with Crippen molar-refractivity contribution in [1.29, 1.82) is 0 Å². The molecule has 0 radical (unpaired) electrons. The first kappa shape index (κ1) is 12.0. The molecule has 4 nitrogen and oxygen atoms in total. The highest BCUT2D eigenvalue weighted by molar-refractivity contribution is 5.92.